The number of phenolic OH excluding ortho intramolecular Hbond substituents is 2. The molecule has 2 aromatic heterocycles. The van der Waals surface area contributed by atoms with Crippen LogP contribution in [0, 0.1) is 0 Å². The largest absolute Gasteiger partial charge is 0.508 e. The van der Waals surface area contributed by atoms with E-state index in [1.807, 2.05) is 6.07 Å². The van der Waals surface area contributed by atoms with E-state index in [2.05, 4.69) is 4.98 Å². The normalized spacial score (nSPS) is 10.9. The monoisotopic (exact) mass is 330 g/mol. The van der Waals surface area contributed by atoms with E-state index in [9.17, 15) is 15.0 Å². The van der Waals surface area contributed by atoms with Gasteiger partial charge in [0.15, 0.2) is 0 Å². The molecule has 0 aliphatic heterocycles. The molecule has 0 fully saturated rings. The molecule has 5 nitrogen and oxygen atoms in total. The number of fused-ring (bicyclic) bond motifs is 1. The van der Waals surface area contributed by atoms with Gasteiger partial charge in [-0.3, -0.25) is 9.20 Å². The Morgan fingerprint density at radius 3 is 2.00 bits per heavy atom. The molecular weight excluding hydrogens is 316 g/mol. The Hall–Kier alpha value is -3.60. The second-order valence-corrected chi connectivity index (χ2v) is 5.66. The Labute approximate surface area is 143 Å². The van der Waals surface area contributed by atoms with Gasteiger partial charge in [-0.05, 0) is 54.1 Å². The van der Waals surface area contributed by atoms with Gasteiger partial charge in [0.25, 0.3) is 5.56 Å². The van der Waals surface area contributed by atoms with Gasteiger partial charge in [-0.15, -0.1) is 0 Å². The van der Waals surface area contributed by atoms with Crippen LogP contribution in [0.15, 0.2) is 77.7 Å². The number of aromatic nitrogens is 2. The van der Waals surface area contributed by atoms with Crippen molar-refractivity contribution in [3.8, 4) is 33.9 Å². The van der Waals surface area contributed by atoms with Crippen LogP contribution in [0.4, 0.5) is 0 Å². The van der Waals surface area contributed by atoms with Crippen molar-refractivity contribution in [1.82, 2.24) is 9.38 Å². The average molecular weight is 330 g/mol. The molecule has 0 saturated heterocycles. The zero-order valence-corrected chi connectivity index (χ0v) is 13.1. The molecule has 0 spiro atoms. The quantitative estimate of drug-likeness (QED) is 0.590. The van der Waals surface area contributed by atoms with Crippen LogP contribution in [-0.4, -0.2) is 19.6 Å². The van der Waals surface area contributed by atoms with E-state index in [1.165, 1.54) is 16.5 Å². The summed E-state index contributed by atoms with van der Waals surface area (Å²) >= 11 is 0. The van der Waals surface area contributed by atoms with Gasteiger partial charge in [0.1, 0.15) is 17.1 Å². The van der Waals surface area contributed by atoms with Gasteiger partial charge >= 0.3 is 0 Å². The number of phenols is 2. The van der Waals surface area contributed by atoms with Gasteiger partial charge in [0.05, 0.1) is 11.3 Å². The van der Waals surface area contributed by atoms with Gasteiger partial charge in [-0.2, -0.15) is 0 Å². The lowest BCUT2D eigenvalue weighted by molar-refractivity contribution is 0.475. The smallest absolute Gasteiger partial charge is 0.266 e. The SMILES string of the molecule is O=c1c(-c2ccc(O)cc2)c(-c2ccc(O)cc2)nc2ccccn12. The Morgan fingerprint density at radius 2 is 1.36 bits per heavy atom. The van der Waals surface area contributed by atoms with Crippen LogP contribution in [0.25, 0.3) is 28.0 Å². The first-order chi connectivity index (χ1) is 12.1. The number of hydrogen-bond donors (Lipinski definition) is 2. The summed E-state index contributed by atoms with van der Waals surface area (Å²) in [6.45, 7) is 0. The highest BCUT2D eigenvalue weighted by Gasteiger charge is 2.16. The lowest BCUT2D eigenvalue weighted by Gasteiger charge is -2.11. The Bertz CT molecular complexity index is 1110. The summed E-state index contributed by atoms with van der Waals surface area (Å²) in [6, 6.07) is 18.4. The van der Waals surface area contributed by atoms with Crippen LogP contribution >= 0.6 is 0 Å². The van der Waals surface area contributed by atoms with Crippen molar-refractivity contribution >= 4 is 5.65 Å². The first-order valence-electron chi connectivity index (χ1n) is 7.74. The third-order valence-corrected chi connectivity index (χ3v) is 4.03. The molecule has 0 bridgehead atoms. The van der Waals surface area contributed by atoms with Crippen LogP contribution in [-0.2, 0) is 0 Å². The van der Waals surface area contributed by atoms with Gasteiger partial charge < -0.3 is 10.2 Å². The van der Waals surface area contributed by atoms with E-state index < -0.39 is 0 Å². The minimum absolute atomic E-state index is 0.129. The summed E-state index contributed by atoms with van der Waals surface area (Å²) in [6.07, 6.45) is 1.68. The summed E-state index contributed by atoms with van der Waals surface area (Å²) < 4.78 is 1.49. The van der Waals surface area contributed by atoms with E-state index >= 15 is 0 Å². The molecule has 0 aliphatic carbocycles. The second kappa shape index (κ2) is 5.79. The molecule has 0 amide bonds. The molecule has 2 aromatic carbocycles. The van der Waals surface area contributed by atoms with Crippen molar-refractivity contribution in [3.63, 3.8) is 0 Å². The maximum absolute atomic E-state index is 13.1. The van der Waals surface area contributed by atoms with E-state index in [0.29, 0.717) is 22.5 Å². The number of pyridine rings is 1. The fourth-order valence-electron chi connectivity index (χ4n) is 2.81. The van der Waals surface area contributed by atoms with E-state index in [0.717, 1.165) is 5.56 Å². The summed E-state index contributed by atoms with van der Waals surface area (Å²) in [4.78, 5) is 17.7. The molecule has 5 heteroatoms. The zero-order valence-electron chi connectivity index (χ0n) is 13.1. The van der Waals surface area contributed by atoms with Crippen molar-refractivity contribution in [2.24, 2.45) is 0 Å². The fourth-order valence-corrected chi connectivity index (χ4v) is 2.81. The summed E-state index contributed by atoms with van der Waals surface area (Å²) in [7, 11) is 0. The number of hydrogen-bond acceptors (Lipinski definition) is 4. The molecule has 0 saturated carbocycles. The van der Waals surface area contributed by atoms with Gasteiger partial charge in [-0.25, -0.2) is 4.98 Å². The number of benzene rings is 2. The van der Waals surface area contributed by atoms with Crippen molar-refractivity contribution < 1.29 is 10.2 Å². The van der Waals surface area contributed by atoms with E-state index in [1.54, 1.807) is 54.7 Å². The minimum atomic E-state index is -0.195. The lowest BCUT2D eigenvalue weighted by atomic mass is 10.00. The zero-order chi connectivity index (χ0) is 17.4. The predicted octanol–water partition coefficient (Wildman–Crippen LogP) is 3.44. The van der Waals surface area contributed by atoms with Crippen molar-refractivity contribution in [2.75, 3.05) is 0 Å². The van der Waals surface area contributed by atoms with Crippen LogP contribution in [0.1, 0.15) is 0 Å². The topological polar surface area (TPSA) is 74.8 Å². The fraction of sp³-hybridized carbons (Fsp3) is 0. The summed E-state index contributed by atoms with van der Waals surface area (Å²) in [5.41, 5.74) is 2.70. The Balaban J connectivity index is 2.09. The maximum Gasteiger partial charge on any atom is 0.266 e. The Morgan fingerprint density at radius 1 is 0.760 bits per heavy atom. The standard InChI is InChI=1S/C20H14N2O3/c23-15-8-4-13(5-9-15)18-19(14-6-10-16(24)11-7-14)21-17-3-1-2-12-22(17)20(18)25/h1-12,23-24H. The molecule has 4 rings (SSSR count). The maximum atomic E-state index is 13.1. The van der Waals surface area contributed by atoms with Crippen LogP contribution in [0.5, 0.6) is 11.5 Å². The highest BCUT2D eigenvalue weighted by molar-refractivity contribution is 5.81. The number of aromatic hydroxyl groups is 2. The van der Waals surface area contributed by atoms with Crippen LogP contribution in [0.3, 0.4) is 0 Å². The van der Waals surface area contributed by atoms with E-state index in [4.69, 9.17) is 0 Å². The number of rotatable bonds is 2. The van der Waals surface area contributed by atoms with Gasteiger partial charge in [-0.1, -0.05) is 18.2 Å². The molecule has 2 heterocycles. The van der Waals surface area contributed by atoms with Crippen molar-refractivity contribution in [2.45, 2.75) is 0 Å². The average Bonchev–Trinajstić information content (AvgIpc) is 2.63. The van der Waals surface area contributed by atoms with E-state index in [-0.39, 0.29) is 17.1 Å². The molecule has 122 valence electrons. The molecule has 2 N–H and O–H groups in total. The molecule has 4 aromatic rings. The second-order valence-electron chi connectivity index (χ2n) is 5.66. The first-order valence-corrected chi connectivity index (χ1v) is 7.74. The van der Waals surface area contributed by atoms with Crippen LogP contribution in [0.2, 0.25) is 0 Å². The Kier molecular flexibility index (Phi) is 3.47. The molecule has 25 heavy (non-hydrogen) atoms. The first kappa shape index (κ1) is 15.0. The molecule has 0 radical (unpaired) electrons. The molecule has 0 atom stereocenters. The summed E-state index contributed by atoms with van der Waals surface area (Å²) in [5, 5.41) is 19.1. The van der Waals surface area contributed by atoms with Crippen molar-refractivity contribution in [3.05, 3.63) is 83.3 Å². The van der Waals surface area contributed by atoms with Gasteiger partial charge in [0, 0.05) is 11.8 Å². The summed E-state index contributed by atoms with van der Waals surface area (Å²) in [5.74, 6) is 0.274. The van der Waals surface area contributed by atoms with Crippen LogP contribution < -0.4 is 5.56 Å². The number of nitrogens with zero attached hydrogens (tertiary/aromatic N) is 2. The van der Waals surface area contributed by atoms with Gasteiger partial charge in [0.2, 0.25) is 0 Å². The molecule has 0 aliphatic rings. The highest BCUT2D eigenvalue weighted by atomic mass is 16.3. The predicted molar refractivity (Wildman–Crippen MR) is 95.7 cm³/mol. The van der Waals surface area contributed by atoms with Crippen molar-refractivity contribution in [1.29, 1.82) is 0 Å². The minimum Gasteiger partial charge on any atom is -0.508 e. The third-order valence-electron chi connectivity index (χ3n) is 4.03. The molecule has 0 unspecified atom stereocenters. The third kappa shape index (κ3) is 2.61. The molecular formula is C20H14N2O3. The highest BCUT2D eigenvalue weighted by Crippen LogP contribution is 2.30. The lowest BCUT2D eigenvalue weighted by Crippen LogP contribution is -2.18.